The molecule has 0 aliphatic heterocycles. The van der Waals surface area contributed by atoms with Gasteiger partial charge < -0.3 is 0 Å². The summed E-state index contributed by atoms with van der Waals surface area (Å²) in [6, 6.07) is 10.4. The second-order valence-electron chi connectivity index (χ2n) is 6.44. The molecule has 0 saturated heterocycles. The topological polar surface area (TPSA) is 68.2 Å². The molecule has 0 radical (unpaired) electrons. The van der Waals surface area contributed by atoms with Gasteiger partial charge in [-0.1, -0.05) is 17.4 Å². The Labute approximate surface area is 151 Å². The molecule has 3 aromatic rings. The number of aryl methyl sites for hydroxylation is 2. The number of sulfonamides is 1. The Kier molecular flexibility index (Phi) is 4.47. The highest BCUT2D eigenvalue weighted by Crippen LogP contribution is 2.26. The predicted octanol–water partition coefficient (Wildman–Crippen LogP) is 4.06. The summed E-state index contributed by atoms with van der Waals surface area (Å²) in [7, 11) is -3.68. The van der Waals surface area contributed by atoms with Crippen LogP contribution >= 0.6 is 11.3 Å². The number of nitrogens with zero attached hydrogens (tertiary/aromatic N) is 1. The standard InChI is InChI=1S/C18H20N2O3S2/c1-11(2)20-16-6-5-14(10-17(16)24-18(20)21)19-25(22,23)15-8-12(3)7-13(4)9-15/h5-11,19H,1-4H3. The largest absolute Gasteiger partial charge is 0.308 e. The van der Waals surface area contributed by atoms with E-state index in [2.05, 4.69) is 4.72 Å². The van der Waals surface area contributed by atoms with Gasteiger partial charge in [0.2, 0.25) is 0 Å². The van der Waals surface area contributed by atoms with E-state index in [1.54, 1.807) is 34.9 Å². The fourth-order valence-corrected chi connectivity index (χ4v) is 5.18. The maximum Gasteiger partial charge on any atom is 0.308 e. The van der Waals surface area contributed by atoms with Crippen LogP contribution in [0, 0.1) is 13.8 Å². The van der Waals surface area contributed by atoms with Gasteiger partial charge in [0.15, 0.2) is 0 Å². The van der Waals surface area contributed by atoms with Crippen LogP contribution in [-0.2, 0) is 10.0 Å². The van der Waals surface area contributed by atoms with Gasteiger partial charge >= 0.3 is 4.87 Å². The average molecular weight is 377 g/mol. The molecule has 7 heteroatoms. The molecule has 5 nitrogen and oxygen atoms in total. The van der Waals surface area contributed by atoms with Crippen LogP contribution in [0.3, 0.4) is 0 Å². The monoisotopic (exact) mass is 376 g/mol. The molecule has 0 unspecified atom stereocenters. The summed E-state index contributed by atoms with van der Waals surface area (Å²) in [5.41, 5.74) is 3.05. The highest BCUT2D eigenvalue weighted by atomic mass is 32.2. The van der Waals surface area contributed by atoms with E-state index in [-0.39, 0.29) is 15.8 Å². The molecule has 1 heterocycles. The summed E-state index contributed by atoms with van der Waals surface area (Å²) in [5.74, 6) is 0. The molecule has 0 amide bonds. The van der Waals surface area contributed by atoms with Gasteiger partial charge in [0, 0.05) is 6.04 Å². The summed E-state index contributed by atoms with van der Waals surface area (Å²) in [4.78, 5) is 12.3. The van der Waals surface area contributed by atoms with Crippen LogP contribution in [0.5, 0.6) is 0 Å². The zero-order valence-electron chi connectivity index (χ0n) is 14.5. The Bertz CT molecular complexity index is 1090. The van der Waals surface area contributed by atoms with Crippen LogP contribution in [0.4, 0.5) is 5.69 Å². The van der Waals surface area contributed by atoms with Gasteiger partial charge in [-0.15, -0.1) is 0 Å². The van der Waals surface area contributed by atoms with E-state index in [9.17, 15) is 13.2 Å². The first kappa shape index (κ1) is 17.7. The van der Waals surface area contributed by atoms with Crippen molar-refractivity contribution in [2.75, 3.05) is 4.72 Å². The molecule has 0 fully saturated rings. The zero-order chi connectivity index (χ0) is 18.4. The average Bonchev–Trinajstić information content (AvgIpc) is 2.80. The van der Waals surface area contributed by atoms with Gasteiger partial charge in [-0.3, -0.25) is 14.1 Å². The fraction of sp³-hybridized carbons (Fsp3) is 0.278. The Morgan fingerprint density at radius 1 is 1.04 bits per heavy atom. The van der Waals surface area contributed by atoms with Gasteiger partial charge in [-0.05, 0) is 69.2 Å². The van der Waals surface area contributed by atoms with Crippen molar-refractivity contribution in [1.29, 1.82) is 0 Å². The van der Waals surface area contributed by atoms with Crippen LogP contribution in [0.2, 0.25) is 0 Å². The first-order chi connectivity index (χ1) is 11.7. The number of thiazole rings is 1. The second kappa shape index (κ2) is 6.31. The number of nitrogens with one attached hydrogen (secondary N) is 1. The first-order valence-corrected chi connectivity index (χ1v) is 10.2. The highest BCUT2D eigenvalue weighted by molar-refractivity contribution is 7.92. The van der Waals surface area contributed by atoms with Crippen LogP contribution in [0.1, 0.15) is 31.0 Å². The maximum absolute atomic E-state index is 12.6. The van der Waals surface area contributed by atoms with Gasteiger partial charge in [-0.25, -0.2) is 8.42 Å². The lowest BCUT2D eigenvalue weighted by molar-refractivity contribution is 0.601. The Morgan fingerprint density at radius 3 is 2.28 bits per heavy atom. The molecule has 25 heavy (non-hydrogen) atoms. The van der Waals surface area contributed by atoms with E-state index in [1.807, 2.05) is 33.8 Å². The minimum atomic E-state index is -3.68. The molecule has 0 atom stereocenters. The summed E-state index contributed by atoms with van der Waals surface area (Å²) >= 11 is 1.12. The highest BCUT2D eigenvalue weighted by Gasteiger charge is 2.17. The molecule has 0 aliphatic carbocycles. The molecule has 0 saturated carbocycles. The zero-order valence-corrected chi connectivity index (χ0v) is 16.2. The van der Waals surface area contributed by atoms with Gasteiger partial charge in [0.1, 0.15) is 0 Å². The van der Waals surface area contributed by atoms with Gasteiger partial charge in [0.05, 0.1) is 20.8 Å². The third-order valence-corrected chi connectivity index (χ3v) is 6.17. The number of rotatable bonds is 4. The molecule has 1 N–H and O–H groups in total. The van der Waals surface area contributed by atoms with E-state index < -0.39 is 10.0 Å². The number of hydrogen-bond acceptors (Lipinski definition) is 4. The summed E-state index contributed by atoms with van der Waals surface area (Å²) in [6.07, 6.45) is 0. The lowest BCUT2D eigenvalue weighted by atomic mass is 10.2. The van der Waals surface area contributed by atoms with Crippen molar-refractivity contribution in [3.63, 3.8) is 0 Å². The van der Waals surface area contributed by atoms with Crippen LogP contribution in [-0.4, -0.2) is 13.0 Å². The lowest BCUT2D eigenvalue weighted by Gasteiger charge is -2.11. The molecular formula is C18H20N2O3S2. The molecule has 2 aromatic carbocycles. The lowest BCUT2D eigenvalue weighted by Crippen LogP contribution is -2.15. The van der Waals surface area contributed by atoms with Crippen molar-refractivity contribution < 1.29 is 8.42 Å². The number of anilines is 1. The van der Waals surface area contributed by atoms with Crippen molar-refractivity contribution in [3.05, 3.63) is 57.2 Å². The second-order valence-corrected chi connectivity index (χ2v) is 9.12. The molecule has 3 rings (SSSR count). The van der Waals surface area contributed by atoms with Gasteiger partial charge in [-0.2, -0.15) is 0 Å². The molecule has 132 valence electrons. The van der Waals surface area contributed by atoms with Crippen LogP contribution < -0.4 is 9.60 Å². The Hall–Kier alpha value is -2.12. The minimum absolute atomic E-state index is 0.0423. The van der Waals surface area contributed by atoms with Crippen molar-refractivity contribution in [2.24, 2.45) is 0 Å². The number of aromatic nitrogens is 1. The van der Waals surface area contributed by atoms with E-state index >= 15 is 0 Å². The third-order valence-electron chi connectivity index (χ3n) is 3.89. The van der Waals surface area contributed by atoms with Crippen molar-refractivity contribution in [2.45, 2.75) is 38.6 Å². The fourth-order valence-electron chi connectivity index (χ4n) is 2.89. The molecule has 0 aliphatic rings. The summed E-state index contributed by atoms with van der Waals surface area (Å²) < 4.78 is 30.4. The van der Waals surface area contributed by atoms with Crippen LogP contribution in [0.25, 0.3) is 10.2 Å². The van der Waals surface area contributed by atoms with E-state index in [0.29, 0.717) is 5.69 Å². The number of fused-ring (bicyclic) bond motifs is 1. The normalized spacial score (nSPS) is 12.0. The van der Waals surface area contributed by atoms with E-state index in [1.165, 1.54) is 0 Å². The van der Waals surface area contributed by atoms with Crippen molar-refractivity contribution in [1.82, 2.24) is 4.57 Å². The summed E-state index contributed by atoms with van der Waals surface area (Å²) in [5, 5.41) is 0. The minimum Gasteiger partial charge on any atom is -0.296 e. The molecule has 0 bridgehead atoms. The smallest absolute Gasteiger partial charge is 0.296 e. The SMILES string of the molecule is Cc1cc(C)cc(S(=O)(=O)Nc2ccc3c(c2)sc(=O)n3C(C)C)c1. The third kappa shape index (κ3) is 3.48. The van der Waals surface area contributed by atoms with E-state index in [4.69, 9.17) is 0 Å². The quantitative estimate of drug-likeness (QED) is 0.746. The predicted molar refractivity (Wildman–Crippen MR) is 103 cm³/mol. The Morgan fingerprint density at radius 2 is 1.68 bits per heavy atom. The maximum atomic E-state index is 12.6. The van der Waals surface area contributed by atoms with Crippen molar-refractivity contribution in [3.8, 4) is 0 Å². The molecule has 1 aromatic heterocycles. The number of hydrogen-bond donors (Lipinski definition) is 1. The summed E-state index contributed by atoms with van der Waals surface area (Å²) in [6.45, 7) is 7.63. The first-order valence-electron chi connectivity index (χ1n) is 7.93. The molecular weight excluding hydrogens is 356 g/mol. The van der Waals surface area contributed by atoms with Crippen molar-refractivity contribution >= 4 is 37.3 Å². The van der Waals surface area contributed by atoms with Gasteiger partial charge in [0.25, 0.3) is 10.0 Å². The molecule has 0 spiro atoms. The Balaban J connectivity index is 2.01. The van der Waals surface area contributed by atoms with Crippen LogP contribution in [0.15, 0.2) is 46.1 Å². The number of benzene rings is 2. The van der Waals surface area contributed by atoms with E-state index in [0.717, 1.165) is 32.7 Å².